The number of ether oxygens (including phenoxy) is 1. The zero-order chi connectivity index (χ0) is 21.3. The van der Waals surface area contributed by atoms with Crippen molar-refractivity contribution < 1.29 is 31.1 Å². The zero-order valence-electron chi connectivity index (χ0n) is 15.0. The molecule has 1 amide bonds. The smallest absolute Gasteiger partial charge is 0.416 e. The van der Waals surface area contributed by atoms with E-state index in [-0.39, 0.29) is 26.9 Å². The van der Waals surface area contributed by atoms with Gasteiger partial charge in [0.15, 0.2) is 0 Å². The molecule has 28 heavy (non-hydrogen) atoms. The molecule has 0 heterocycles. The van der Waals surface area contributed by atoms with Crippen molar-refractivity contribution in [2.45, 2.75) is 11.1 Å². The summed E-state index contributed by atoms with van der Waals surface area (Å²) in [4.78, 5) is 12.2. The van der Waals surface area contributed by atoms with E-state index < -0.39 is 27.7 Å². The van der Waals surface area contributed by atoms with E-state index in [0.29, 0.717) is 6.07 Å². The van der Waals surface area contributed by atoms with Crippen molar-refractivity contribution in [2.75, 3.05) is 26.5 Å². The predicted molar refractivity (Wildman–Crippen MR) is 98.3 cm³/mol. The van der Waals surface area contributed by atoms with E-state index in [9.17, 15) is 26.4 Å². The fraction of sp³-hybridized carbons (Fsp3) is 0.235. The minimum absolute atomic E-state index is 0.0161. The molecule has 11 heteroatoms. The van der Waals surface area contributed by atoms with Crippen molar-refractivity contribution in [1.29, 1.82) is 0 Å². The molecule has 0 fully saturated rings. The van der Waals surface area contributed by atoms with Gasteiger partial charge in [-0.25, -0.2) is 12.7 Å². The number of methoxy groups -OCH3 is 1. The molecule has 0 saturated carbocycles. The minimum atomic E-state index is -4.61. The average Bonchev–Trinajstić information content (AvgIpc) is 2.61. The van der Waals surface area contributed by atoms with Gasteiger partial charge < -0.3 is 10.1 Å². The first-order valence-electron chi connectivity index (χ1n) is 7.66. The normalized spacial score (nSPS) is 12.1. The van der Waals surface area contributed by atoms with Gasteiger partial charge in [-0.2, -0.15) is 13.2 Å². The lowest BCUT2D eigenvalue weighted by Crippen LogP contribution is -2.23. The Labute approximate surface area is 164 Å². The molecule has 0 aliphatic heterocycles. The molecule has 0 aliphatic rings. The first-order chi connectivity index (χ1) is 12.9. The third-order valence-electron chi connectivity index (χ3n) is 3.73. The lowest BCUT2D eigenvalue weighted by atomic mass is 10.1. The summed E-state index contributed by atoms with van der Waals surface area (Å²) >= 11 is 5.87. The van der Waals surface area contributed by atoms with Gasteiger partial charge in [0.25, 0.3) is 5.91 Å². The summed E-state index contributed by atoms with van der Waals surface area (Å²) in [5.41, 5.74) is -1.35. The van der Waals surface area contributed by atoms with Crippen molar-refractivity contribution in [3.8, 4) is 5.75 Å². The van der Waals surface area contributed by atoms with E-state index in [1.807, 2.05) is 0 Å². The Morgan fingerprint density at radius 2 is 1.79 bits per heavy atom. The van der Waals surface area contributed by atoms with Crippen LogP contribution in [0, 0.1) is 0 Å². The summed E-state index contributed by atoms with van der Waals surface area (Å²) in [6.45, 7) is 0. The summed E-state index contributed by atoms with van der Waals surface area (Å²) in [5.74, 6) is -0.818. The maximum atomic E-state index is 12.9. The maximum absolute atomic E-state index is 12.9. The van der Waals surface area contributed by atoms with Gasteiger partial charge in [-0.1, -0.05) is 11.6 Å². The highest BCUT2D eigenvalue weighted by molar-refractivity contribution is 7.89. The Balaban J connectivity index is 2.44. The van der Waals surface area contributed by atoms with Crippen LogP contribution in [0.2, 0.25) is 5.02 Å². The Kier molecular flexibility index (Phi) is 6.27. The van der Waals surface area contributed by atoms with Crippen LogP contribution in [0.15, 0.2) is 41.3 Å². The second kappa shape index (κ2) is 7.98. The Morgan fingerprint density at radius 3 is 2.32 bits per heavy atom. The van der Waals surface area contributed by atoms with Gasteiger partial charge in [-0.15, -0.1) is 0 Å². The number of alkyl halides is 3. The fourth-order valence-electron chi connectivity index (χ4n) is 2.21. The highest BCUT2D eigenvalue weighted by atomic mass is 35.5. The first-order valence-corrected chi connectivity index (χ1v) is 9.48. The van der Waals surface area contributed by atoms with Crippen LogP contribution in [0.25, 0.3) is 0 Å². The van der Waals surface area contributed by atoms with Crippen LogP contribution in [0.5, 0.6) is 5.75 Å². The molecule has 0 aromatic heterocycles. The van der Waals surface area contributed by atoms with Crippen molar-refractivity contribution in [1.82, 2.24) is 4.31 Å². The molecule has 0 radical (unpaired) electrons. The average molecular weight is 437 g/mol. The fourth-order valence-corrected chi connectivity index (χ4v) is 3.45. The Bertz CT molecular complexity index is 1010. The van der Waals surface area contributed by atoms with Crippen LogP contribution in [-0.4, -0.2) is 39.8 Å². The number of sulfonamides is 1. The van der Waals surface area contributed by atoms with Crippen LogP contribution in [0.1, 0.15) is 15.9 Å². The number of rotatable bonds is 5. The molecule has 2 rings (SSSR count). The van der Waals surface area contributed by atoms with Gasteiger partial charge in [0.05, 0.1) is 23.4 Å². The second-order valence-electron chi connectivity index (χ2n) is 5.80. The van der Waals surface area contributed by atoms with E-state index in [1.54, 1.807) is 0 Å². The number of carbonyl (C=O) groups is 1. The molecule has 0 bridgehead atoms. The van der Waals surface area contributed by atoms with Crippen LogP contribution < -0.4 is 10.1 Å². The SMILES string of the molecule is COc1ccc(C(=O)Nc2cc(C(F)(F)F)ccc2Cl)cc1S(=O)(=O)N(C)C. The number of hydrogen-bond donors (Lipinski definition) is 1. The molecule has 1 N–H and O–H groups in total. The summed E-state index contributed by atoms with van der Waals surface area (Å²) in [5, 5.41) is 2.16. The third kappa shape index (κ3) is 4.57. The number of carbonyl (C=O) groups excluding carboxylic acids is 1. The van der Waals surface area contributed by atoms with Crippen molar-refractivity contribution in [2.24, 2.45) is 0 Å². The van der Waals surface area contributed by atoms with E-state index in [2.05, 4.69) is 5.32 Å². The minimum Gasteiger partial charge on any atom is -0.495 e. The lowest BCUT2D eigenvalue weighted by molar-refractivity contribution is -0.137. The highest BCUT2D eigenvalue weighted by Crippen LogP contribution is 2.34. The van der Waals surface area contributed by atoms with Crippen LogP contribution in [-0.2, 0) is 16.2 Å². The highest BCUT2D eigenvalue weighted by Gasteiger charge is 2.31. The Hall–Kier alpha value is -2.30. The van der Waals surface area contributed by atoms with Crippen molar-refractivity contribution in [3.05, 3.63) is 52.5 Å². The van der Waals surface area contributed by atoms with Gasteiger partial charge in [0, 0.05) is 19.7 Å². The third-order valence-corrected chi connectivity index (χ3v) is 5.89. The van der Waals surface area contributed by atoms with E-state index in [0.717, 1.165) is 22.5 Å². The standard InChI is InChI=1S/C17H16ClF3N2O4S/c1-23(2)28(25,26)15-8-10(4-7-14(15)27-3)16(24)22-13-9-11(17(19,20)21)5-6-12(13)18/h4-9H,1-3H3,(H,22,24). The van der Waals surface area contributed by atoms with Crippen LogP contribution >= 0.6 is 11.6 Å². The number of halogens is 4. The van der Waals surface area contributed by atoms with Gasteiger partial charge in [-0.3, -0.25) is 4.79 Å². The van der Waals surface area contributed by atoms with Crippen molar-refractivity contribution in [3.63, 3.8) is 0 Å². The second-order valence-corrected chi connectivity index (χ2v) is 8.33. The predicted octanol–water partition coefficient (Wildman–Crippen LogP) is 3.87. The molecule has 152 valence electrons. The molecule has 2 aromatic carbocycles. The molecule has 0 saturated heterocycles. The quantitative estimate of drug-likeness (QED) is 0.772. The van der Waals surface area contributed by atoms with Crippen molar-refractivity contribution >= 4 is 33.2 Å². The molecule has 0 atom stereocenters. The van der Waals surface area contributed by atoms with Gasteiger partial charge in [-0.05, 0) is 36.4 Å². The summed E-state index contributed by atoms with van der Waals surface area (Å²) in [6, 6.07) is 6.12. The monoisotopic (exact) mass is 436 g/mol. The first kappa shape index (κ1) is 22.0. The molecular weight excluding hydrogens is 421 g/mol. The number of amides is 1. The molecule has 0 spiro atoms. The van der Waals surface area contributed by atoms with E-state index in [4.69, 9.17) is 16.3 Å². The van der Waals surface area contributed by atoms with Crippen LogP contribution in [0.3, 0.4) is 0 Å². The van der Waals surface area contributed by atoms with E-state index >= 15 is 0 Å². The largest absolute Gasteiger partial charge is 0.495 e. The Morgan fingerprint density at radius 1 is 1.14 bits per heavy atom. The van der Waals surface area contributed by atoms with Crippen LogP contribution in [0.4, 0.5) is 18.9 Å². The van der Waals surface area contributed by atoms with Gasteiger partial charge in [0.2, 0.25) is 10.0 Å². The molecule has 0 aliphatic carbocycles. The summed E-state index contributed by atoms with van der Waals surface area (Å²) in [7, 11) is -0.0404. The molecular formula is C17H16ClF3N2O4S. The summed E-state index contributed by atoms with van der Waals surface area (Å²) in [6.07, 6.45) is -4.61. The summed E-state index contributed by atoms with van der Waals surface area (Å²) < 4.78 is 69.4. The number of benzene rings is 2. The zero-order valence-corrected chi connectivity index (χ0v) is 16.5. The number of hydrogen-bond acceptors (Lipinski definition) is 4. The molecule has 2 aromatic rings. The lowest BCUT2D eigenvalue weighted by Gasteiger charge is -2.16. The van der Waals surface area contributed by atoms with Gasteiger partial charge in [0.1, 0.15) is 10.6 Å². The maximum Gasteiger partial charge on any atom is 0.416 e. The molecule has 0 unspecified atom stereocenters. The topological polar surface area (TPSA) is 75.7 Å². The number of nitrogens with one attached hydrogen (secondary N) is 1. The van der Waals surface area contributed by atoms with Gasteiger partial charge >= 0.3 is 6.18 Å². The molecule has 6 nitrogen and oxygen atoms in total. The number of nitrogens with zero attached hydrogens (tertiary/aromatic N) is 1. The number of anilines is 1. The van der Waals surface area contributed by atoms with E-state index in [1.165, 1.54) is 33.3 Å².